The molecule has 1 aliphatic heterocycles. The van der Waals surface area contributed by atoms with Crippen molar-refractivity contribution in [3.63, 3.8) is 0 Å². The van der Waals surface area contributed by atoms with Gasteiger partial charge < -0.3 is 9.47 Å². The van der Waals surface area contributed by atoms with E-state index in [0.29, 0.717) is 23.7 Å². The molecule has 152 valence electrons. The zero-order valence-corrected chi connectivity index (χ0v) is 17.5. The highest BCUT2D eigenvalue weighted by Gasteiger charge is 2.35. The van der Waals surface area contributed by atoms with Gasteiger partial charge >= 0.3 is 0 Å². The highest BCUT2D eigenvalue weighted by Crippen LogP contribution is 2.36. The van der Waals surface area contributed by atoms with E-state index >= 15 is 0 Å². The van der Waals surface area contributed by atoms with E-state index in [1.54, 1.807) is 24.3 Å². The molecule has 0 radical (unpaired) electrons. The lowest BCUT2D eigenvalue weighted by Gasteiger charge is -2.14. The Hall–Kier alpha value is -2.51. The Balaban J connectivity index is 1.83. The molecule has 2 amide bonds. The molecule has 0 aromatic heterocycles. The van der Waals surface area contributed by atoms with Crippen molar-refractivity contribution in [2.75, 3.05) is 13.7 Å². The molecule has 0 bridgehead atoms. The molecule has 0 unspecified atom stereocenters. The Bertz CT molecular complexity index is 959. The minimum absolute atomic E-state index is 0.108. The Morgan fingerprint density at radius 2 is 2.00 bits per heavy atom. The Morgan fingerprint density at radius 1 is 1.21 bits per heavy atom. The van der Waals surface area contributed by atoms with E-state index in [1.807, 2.05) is 6.92 Å². The average Bonchev–Trinajstić information content (AvgIpc) is 2.96. The second-order valence-corrected chi connectivity index (χ2v) is 7.63. The standard InChI is InChI=1S/C21H19ClFNO4S/c1-3-9-28-17-8-7-13(10-18(17)27-2)11-19-20(25)24(21(26)29-19)12-14-15(22)5-4-6-16(14)23/h4-8,10-11H,3,9,12H2,1-2H3/b19-11-. The monoisotopic (exact) mass is 435 g/mol. The molecular formula is C21H19ClFNO4S. The first-order valence-electron chi connectivity index (χ1n) is 8.93. The van der Waals surface area contributed by atoms with Gasteiger partial charge in [-0.1, -0.05) is 30.7 Å². The highest BCUT2D eigenvalue weighted by molar-refractivity contribution is 8.18. The van der Waals surface area contributed by atoms with Crippen molar-refractivity contribution in [2.24, 2.45) is 0 Å². The molecule has 0 atom stereocenters. The number of amides is 2. The Labute approximate surface area is 177 Å². The summed E-state index contributed by atoms with van der Waals surface area (Å²) in [4.78, 5) is 26.3. The van der Waals surface area contributed by atoms with Crippen LogP contribution in [-0.4, -0.2) is 29.8 Å². The molecule has 1 heterocycles. The lowest BCUT2D eigenvalue weighted by atomic mass is 10.1. The van der Waals surface area contributed by atoms with Crippen molar-refractivity contribution >= 4 is 40.6 Å². The molecule has 3 rings (SSSR count). The number of nitrogens with zero attached hydrogens (tertiary/aromatic N) is 1. The van der Waals surface area contributed by atoms with E-state index in [0.717, 1.165) is 23.1 Å². The minimum atomic E-state index is -0.562. The van der Waals surface area contributed by atoms with Crippen molar-refractivity contribution in [3.05, 3.63) is 63.3 Å². The van der Waals surface area contributed by atoms with Crippen LogP contribution in [-0.2, 0) is 11.3 Å². The van der Waals surface area contributed by atoms with Crippen LogP contribution in [0.25, 0.3) is 6.08 Å². The van der Waals surface area contributed by atoms with E-state index in [4.69, 9.17) is 21.1 Å². The van der Waals surface area contributed by atoms with Gasteiger partial charge in [0.1, 0.15) is 5.82 Å². The van der Waals surface area contributed by atoms with Gasteiger partial charge in [0.15, 0.2) is 11.5 Å². The average molecular weight is 436 g/mol. The first kappa shape index (κ1) is 21.2. The smallest absolute Gasteiger partial charge is 0.293 e. The van der Waals surface area contributed by atoms with Crippen molar-refractivity contribution in [2.45, 2.75) is 19.9 Å². The number of methoxy groups -OCH3 is 1. The molecule has 1 aliphatic rings. The molecule has 2 aromatic carbocycles. The molecule has 5 nitrogen and oxygen atoms in total. The van der Waals surface area contributed by atoms with E-state index in [9.17, 15) is 14.0 Å². The zero-order chi connectivity index (χ0) is 21.0. The summed E-state index contributed by atoms with van der Waals surface area (Å²) in [5.41, 5.74) is 0.789. The summed E-state index contributed by atoms with van der Waals surface area (Å²) in [7, 11) is 1.53. The number of ether oxygens (including phenoxy) is 2. The summed E-state index contributed by atoms with van der Waals surface area (Å²) in [6.07, 6.45) is 2.46. The van der Waals surface area contributed by atoms with Gasteiger partial charge in [-0.15, -0.1) is 0 Å². The summed E-state index contributed by atoms with van der Waals surface area (Å²) >= 11 is 6.82. The van der Waals surface area contributed by atoms with Crippen molar-refractivity contribution in [1.29, 1.82) is 0 Å². The maximum absolute atomic E-state index is 14.0. The number of benzene rings is 2. The number of imide groups is 1. The Morgan fingerprint density at radius 3 is 2.69 bits per heavy atom. The molecule has 0 spiro atoms. The van der Waals surface area contributed by atoms with Crippen molar-refractivity contribution < 1.29 is 23.5 Å². The minimum Gasteiger partial charge on any atom is -0.493 e. The molecule has 1 fully saturated rings. The lowest BCUT2D eigenvalue weighted by Crippen LogP contribution is -2.28. The van der Waals surface area contributed by atoms with Crippen molar-refractivity contribution in [3.8, 4) is 11.5 Å². The van der Waals surface area contributed by atoms with Crippen LogP contribution < -0.4 is 9.47 Å². The summed E-state index contributed by atoms with van der Waals surface area (Å²) in [5, 5.41) is -0.309. The number of thioether (sulfide) groups is 1. The SMILES string of the molecule is CCCOc1ccc(/C=C2\SC(=O)N(Cc3c(F)cccc3Cl)C2=O)cc1OC. The molecule has 0 N–H and O–H groups in total. The topological polar surface area (TPSA) is 55.8 Å². The first-order chi connectivity index (χ1) is 13.9. The van der Waals surface area contributed by atoms with Crippen LogP contribution in [0.2, 0.25) is 5.02 Å². The predicted molar refractivity (Wildman–Crippen MR) is 112 cm³/mol. The van der Waals surface area contributed by atoms with Crippen LogP contribution in [0, 0.1) is 5.82 Å². The van der Waals surface area contributed by atoms with E-state index in [2.05, 4.69) is 0 Å². The van der Waals surface area contributed by atoms with Crippen LogP contribution in [0.3, 0.4) is 0 Å². The molecule has 29 heavy (non-hydrogen) atoms. The second kappa shape index (κ2) is 9.33. The van der Waals surface area contributed by atoms with Gasteiger partial charge in [-0.25, -0.2) is 4.39 Å². The third-order valence-corrected chi connectivity index (χ3v) is 5.46. The third kappa shape index (κ3) is 4.74. The predicted octanol–water partition coefficient (Wildman–Crippen LogP) is 5.51. The molecular weight excluding hydrogens is 417 g/mol. The van der Waals surface area contributed by atoms with Gasteiger partial charge in [0, 0.05) is 10.6 Å². The summed E-state index contributed by atoms with van der Waals surface area (Å²) in [6.45, 7) is 2.35. The maximum Gasteiger partial charge on any atom is 0.293 e. The highest BCUT2D eigenvalue weighted by atomic mass is 35.5. The number of carbonyl (C=O) groups is 2. The second-order valence-electron chi connectivity index (χ2n) is 6.23. The first-order valence-corrected chi connectivity index (χ1v) is 10.1. The number of rotatable bonds is 7. The number of hydrogen-bond donors (Lipinski definition) is 0. The van der Waals surface area contributed by atoms with Gasteiger partial charge in [0.25, 0.3) is 11.1 Å². The molecule has 8 heteroatoms. The number of halogens is 2. The fourth-order valence-corrected chi connectivity index (χ4v) is 3.80. The van der Waals surface area contributed by atoms with Gasteiger partial charge in [-0.3, -0.25) is 14.5 Å². The van der Waals surface area contributed by atoms with Gasteiger partial charge in [-0.2, -0.15) is 0 Å². The van der Waals surface area contributed by atoms with Gasteiger partial charge in [0.05, 0.1) is 25.2 Å². The van der Waals surface area contributed by atoms with E-state index < -0.39 is 17.0 Å². The Kier molecular flexibility index (Phi) is 6.82. The number of carbonyl (C=O) groups excluding carboxylic acids is 2. The largest absolute Gasteiger partial charge is 0.493 e. The van der Waals surface area contributed by atoms with Gasteiger partial charge in [0.2, 0.25) is 0 Å². The lowest BCUT2D eigenvalue weighted by molar-refractivity contribution is -0.123. The van der Waals surface area contributed by atoms with Gasteiger partial charge in [-0.05, 0) is 54.1 Å². The normalized spacial score (nSPS) is 15.3. The van der Waals surface area contributed by atoms with E-state index in [1.165, 1.54) is 25.3 Å². The molecule has 0 saturated carbocycles. The number of hydrogen-bond acceptors (Lipinski definition) is 5. The van der Waals surface area contributed by atoms with E-state index in [-0.39, 0.29) is 22.0 Å². The van der Waals surface area contributed by atoms with Crippen LogP contribution in [0.4, 0.5) is 9.18 Å². The third-order valence-electron chi connectivity index (χ3n) is 4.20. The fraction of sp³-hybridized carbons (Fsp3) is 0.238. The van der Waals surface area contributed by atoms with Crippen LogP contribution >= 0.6 is 23.4 Å². The zero-order valence-electron chi connectivity index (χ0n) is 15.9. The summed E-state index contributed by atoms with van der Waals surface area (Å²) < 4.78 is 25.0. The maximum atomic E-state index is 14.0. The summed E-state index contributed by atoms with van der Waals surface area (Å²) in [6, 6.07) is 9.48. The molecule has 2 aromatic rings. The molecule has 1 saturated heterocycles. The fourth-order valence-electron chi connectivity index (χ4n) is 2.73. The quantitative estimate of drug-likeness (QED) is 0.536. The van der Waals surface area contributed by atoms with Crippen LogP contribution in [0.15, 0.2) is 41.3 Å². The summed E-state index contributed by atoms with van der Waals surface area (Å²) in [5.74, 6) is 0.0795. The van der Waals surface area contributed by atoms with Crippen LogP contribution in [0.5, 0.6) is 11.5 Å². The van der Waals surface area contributed by atoms with Crippen LogP contribution in [0.1, 0.15) is 24.5 Å². The molecule has 0 aliphatic carbocycles. The van der Waals surface area contributed by atoms with Crippen molar-refractivity contribution in [1.82, 2.24) is 4.90 Å².